The van der Waals surface area contributed by atoms with Crippen LogP contribution in [0.5, 0.6) is 0 Å². The van der Waals surface area contributed by atoms with Crippen LogP contribution in [-0.2, 0) is 14.3 Å². The summed E-state index contributed by atoms with van der Waals surface area (Å²) in [5.74, 6) is 0.478. The minimum Gasteiger partial charge on any atom is -0.468 e. The van der Waals surface area contributed by atoms with Crippen LogP contribution in [0.3, 0.4) is 0 Å². The van der Waals surface area contributed by atoms with Crippen molar-refractivity contribution >= 4 is 11.9 Å². The van der Waals surface area contributed by atoms with Gasteiger partial charge in [0.1, 0.15) is 6.04 Å². The van der Waals surface area contributed by atoms with E-state index in [0.29, 0.717) is 5.92 Å². The van der Waals surface area contributed by atoms with Crippen LogP contribution in [-0.4, -0.2) is 48.1 Å². The van der Waals surface area contributed by atoms with Crippen molar-refractivity contribution in [2.24, 2.45) is 11.8 Å². The Bertz CT molecular complexity index is 415. The molecule has 1 heterocycles. The third-order valence-electron chi connectivity index (χ3n) is 4.27. The van der Waals surface area contributed by atoms with E-state index in [1.807, 2.05) is 20.8 Å². The summed E-state index contributed by atoms with van der Waals surface area (Å²) in [6.45, 7) is 13.2. The number of likely N-dealkylation sites (tertiary alicyclic amines) is 1. The summed E-state index contributed by atoms with van der Waals surface area (Å²) < 4.78 is 4.94. The SMILES string of the molecule is COC(=O)[C@@H]1CCCN1[C@H](C(=O)NC(C)(C)C)[C@@H](C)CC(C)C. The summed E-state index contributed by atoms with van der Waals surface area (Å²) in [7, 11) is 1.42. The minimum atomic E-state index is -0.301. The molecule has 1 saturated heterocycles. The number of nitrogens with zero attached hydrogens (tertiary/aromatic N) is 1. The molecule has 1 N–H and O–H groups in total. The fraction of sp³-hybridized carbons (Fsp3) is 0.889. The molecule has 1 rings (SSSR count). The van der Waals surface area contributed by atoms with Gasteiger partial charge in [0.15, 0.2) is 0 Å². The van der Waals surface area contributed by atoms with Crippen molar-refractivity contribution < 1.29 is 14.3 Å². The molecule has 0 aromatic heterocycles. The number of ether oxygens (including phenoxy) is 1. The number of nitrogens with one attached hydrogen (secondary N) is 1. The number of amides is 1. The van der Waals surface area contributed by atoms with E-state index in [0.717, 1.165) is 25.8 Å². The van der Waals surface area contributed by atoms with E-state index >= 15 is 0 Å². The zero-order valence-corrected chi connectivity index (χ0v) is 15.8. The number of carbonyl (C=O) groups is 2. The second-order valence-electron chi connectivity index (χ2n) is 8.21. The average Bonchev–Trinajstić information content (AvgIpc) is 2.83. The summed E-state index contributed by atoms with van der Waals surface area (Å²) in [5, 5.41) is 3.10. The van der Waals surface area contributed by atoms with Crippen LogP contribution in [0.1, 0.15) is 60.8 Å². The van der Waals surface area contributed by atoms with Gasteiger partial charge in [-0.1, -0.05) is 20.8 Å². The van der Waals surface area contributed by atoms with Gasteiger partial charge in [0, 0.05) is 5.54 Å². The molecule has 0 bridgehead atoms. The van der Waals surface area contributed by atoms with Gasteiger partial charge in [-0.2, -0.15) is 0 Å². The van der Waals surface area contributed by atoms with E-state index in [9.17, 15) is 9.59 Å². The molecule has 1 fully saturated rings. The number of hydrogen-bond acceptors (Lipinski definition) is 4. The number of hydrogen-bond donors (Lipinski definition) is 1. The Morgan fingerprint density at radius 3 is 2.35 bits per heavy atom. The van der Waals surface area contributed by atoms with Crippen molar-refractivity contribution in [2.45, 2.75) is 78.4 Å². The quantitative estimate of drug-likeness (QED) is 0.762. The highest BCUT2D eigenvalue weighted by atomic mass is 16.5. The molecule has 0 unspecified atom stereocenters. The van der Waals surface area contributed by atoms with Gasteiger partial charge in [0.2, 0.25) is 5.91 Å². The second-order valence-corrected chi connectivity index (χ2v) is 8.21. The fourth-order valence-corrected chi connectivity index (χ4v) is 3.56. The van der Waals surface area contributed by atoms with Crippen molar-refractivity contribution in [3.05, 3.63) is 0 Å². The molecule has 1 aliphatic heterocycles. The summed E-state index contributed by atoms with van der Waals surface area (Å²) in [6, 6.07) is -0.589. The van der Waals surface area contributed by atoms with E-state index in [1.54, 1.807) is 0 Å². The Morgan fingerprint density at radius 2 is 1.87 bits per heavy atom. The highest BCUT2D eigenvalue weighted by Gasteiger charge is 2.42. The van der Waals surface area contributed by atoms with Crippen LogP contribution in [0.25, 0.3) is 0 Å². The van der Waals surface area contributed by atoms with Crippen molar-refractivity contribution in [2.75, 3.05) is 13.7 Å². The first kappa shape index (κ1) is 19.9. The monoisotopic (exact) mass is 326 g/mol. The number of rotatable bonds is 6. The maximum absolute atomic E-state index is 12.9. The van der Waals surface area contributed by atoms with Gasteiger partial charge in [-0.3, -0.25) is 14.5 Å². The van der Waals surface area contributed by atoms with Gasteiger partial charge in [0.25, 0.3) is 0 Å². The van der Waals surface area contributed by atoms with Crippen LogP contribution < -0.4 is 5.32 Å². The minimum absolute atomic E-state index is 0.0152. The normalized spacial score (nSPS) is 22.0. The second kappa shape index (κ2) is 8.13. The topological polar surface area (TPSA) is 58.6 Å². The highest BCUT2D eigenvalue weighted by Crippen LogP contribution is 2.28. The van der Waals surface area contributed by atoms with Crippen LogP contribution in [0, 0.1) is 11.8 Å². The van der Waals surface area contributed by atoms with E-state index in [1.165, 1.54) is 7.11 Å². The zero-order valence-electron chi connectivity index (χ0n) is 15.8. The summed E-state index contributed by atoms with van der Waals surface area (Å²) >= 11 is 0. The van der Waals surface area contributed by atoms with E-state index in [-0.39, 0.29) is 35.4 Å². The lowest BCUT2D eigenvalue weighted by atomic mass is 9.89. The molecule has 0 radical (unpaired) electrons. The van der Waals surface area contributed by atoms with Gasteiger partial charge >= 0.3 is 5.97 Å². The first-order chi connectivity index (χ1) is 10.6. The molecular weight excluding hydrogens is 292 g/mol. The molecule has 23 heavy (non-hydrogen) atoms. The Labute approximate surface area is 141 Å². The van der Waals surface area contributed by atoms with E-state index < -0.39 is 0 Å². The molecule has 0 aromatic rings. The maximum Gasteiger partial charge on any atom is 0.323 e. The van der Waals surface area contributed by atoms with Gasteiger partial charge in [-0.25, -0.2) is 0 Å². The van der Waals surface area contributed by atoms with Crippen molar-refractivity contribution in [1.29, 1.82) is 0 Å². The van der Waals surface area contributed by atoms with E-state index in [4.69, 9.17) is 4.74 Å². The summed E-state index contributed by atoms with van der Waals surface area (Å²) in [5.41, 5.74) is -0.284. The van der Waals surface area contributed by atoms with Crippen LogP contribution >= 0.6 is 0 Å². The molecule has 1 aliphatic rings. The lowest BCUT2D eigenvalue weighted by molar-refractivity contribution is -0.148. The fourth-order valence-electron chi connectivity index (χ4n) is 3.56. The molecule has 3 atom stereocenters. The summed E-state index contributed by atoms with van der Waals surface area (Å²) in [6.07, 6.45) is 2.64. The third kappa shape index (κ3) is 5.79. The molecular formula is C18H34N2O3. The maximum atomic E-state index is 12.9. The predicted octanol–water partition coefficient (Wildman–Crippen LogP) is 2.59. The summed E-state index contributed by atoms with van der Waals surface area (Å²) in [4.78, 5) is 27.1. The van der Waals surface area contributed by atoms with Crippen molar-refractivity contribution in [3.8, 4) is 0 Å². The molecule has 1 amide bonds. The van der Waals surface area contributed by atoms with Crippen LogP contribution in [0.15, 0.2) is 0 Å². The Balaban J connectivity index is 3.02. The highest BCUT2D eigenvalue weighted by molar-refractivity contribution is 5.84. The Kier molecular flexibility index (Phi) is 7.05. The number of esters is 1. The lowest BCUT2D eigenvalue weighted by Crippen LogP contribution is -2.57. The molecule has 0 spiro atoms. The molecule has 0 aliphatic carbocycles. The van der Waals surface area contributed by atoms with Gasteiger partial charge in [-0.05, 0) is 58.4 Å². The van der Waals surface area contributed by atoms with Gasteiger partial charge in [0.05, 0.1) is 13.2 Å². The molecule has 5 heteroatoms. The lowest BCUT2D eigenvalue weighted by Gasteiger charge is -2.37. The predicted molar refractivity (Wildman–Crippen MR) is 92.0 cm³/mol. The number of methoxy groups -OCH3 is 1. The first-order valence-electron chi connectivity index (χ1n) is 8.72. The van der Waals surface area contributed by atoms with Gasteiger partial charge < -0.3 is 10.1 Å². The number of carbonyl (C=O) groups excluding carboxylic acids is 2. The third-order valence-corrected chi connectivity index (χ3v) is 4.27. The molecule has 134 valence electrons. The smallest absolute Gasteiger partial charge is 0.323 e. The van der Waals surface area contributed by atoms with Crippen molar-refractivity contribution in [3.63, 3.8) is 0 Å². The Hall–Kier alpha value is -1.10. The van der Waals surface area contributed by atoms with Crippen LogP contribution in [0.4, 0.5) is 0 Å². The standard InChI is InChI=1S/C18H34N2O3/c1-12(2)11-13(3)15(16(21)19-18(4,5)6)20-10-8-9-14(20)17(22)23-7/h12-15H,8-11H2,1-7H3,(H,19,21)/t13-,14-,15-/m0/s1. The molecule has 5 nitrogen and oxygen atoms in total. The van der Waals surface area contributed by atoms with Gasteiger partial charge in [-0.15, -0.1) is 0 Å². The molecule has 0 saturated carbocycles. The first-order valence-corrected chi connectivity index (χ1v) is 8.72. The average molecular weight is 326 g/mol. The Morgan fingerprint density at radius 1 is 1.26 bits per heavy atom. The van der Waals surface area contributed by atoms with Crippen LogP contribution in [0.2, 0.25) is 0 Å². The molecule has 0 aromatic carbocycles. The van der Waals surface area contributed by atoms with E-state index in [2.05, 4.69) is 31.0 Å². The van der Waals surface area contributed by atoms with Crippen molar-refractivity contribution in [1.82, 2.24) is 10.2 Å². The zero-order chi connectivity index (χ0) is 17.8. The largest absolute Gasteiger partial charge is 0.468 e.